The van der Waals surface area contributed by atoms with Crippen molar-refractivity contribution in [2.24, 2.45) is 0 Å². The van der Waals surface area contributed by atoms with Crippen molar-refractivity contribution in [3.8, 4) is 11.5 Å². The molecule has 1 fully saturated rings. The normalized spacial score (nSPS) is 20.5. The van der Waals surface area contributed by atoms with Crippen LogP contribution in [0.2, 0.25) is 0 Å². The van der Waals surface area contributed by atoms with E-state index in [1.54, 1.807) is 19.2 Å². The van der Waals surface area contributed by atoms with Crippen LogP contribution in [0.15, 0.2) is 29.3 Å². The fourth-order valence-electron chi connectivity index (χ4n) is 4.02. The quantitative estimate of drug-likeness (QED) is 0.709. The molecule has 1 saturated carbocycles. The highest BCUT2D eigenvalue weighted by Crippen LogP contribution is 2.49. The summed E-state index contributed by atoms with van der Waals surface area (Å²) in [7, 11) is -3.66. The number of alkyl halides is 2. The number of nitrogens with zero attached hydrogens (tertiary/aromatic N) is 2. The van der Waals surface area contributed by atoms with Crippen LogP contribution in [0, 0.1) is 0 Å². The van der Waals surface area contributed by atoms with Gasteiger partial charge in [-0.3, -0.25) is 9.69 Å². The summed E-state index contributed by atoms with van der Waals surface area (Å²) < 4.78 is 61.7. The van der Waals surface area contributed by atoms with Gasteiger partial charge >= 0.3 is 6.29 Å². The maximum Gasteiger partial charge on any atom is 0.586 e. The number of ether oxygens (including phenoxy) is 2. The second-order valence-corrected chi connectivity index (χ2v) is 10.5. The molecule has 0 N–H and O–H groups in total. The van der Waals surface area contributed by atoms with E-state index in [2.05, 4.69) is 14.5 Å². The van der Waals surface area contributed by atoms with Gasteiger partial charge in [-0.2, -0.15) is 0 Å². The molecule has 1 amide bonds. The van der Waals surface area contributed by atoms with E-state index < -0.39 is 22.0 Å². The second kappa shape index (κ2) is 6.38. The van der Waals surface area contributed by atoms with Crippen LogP contribution in [0.25, 0.3) is 0 Å². The number of benzene rings is 1. The van der Waals surface area contributed by atoms with E-state index in [0.717, 1.165) is 18.4 Å². The molecule has 0 radical (unpaired) electrons. The van der Waals surface area contributed by atoms with Gasteiger partial charge in [0.2, 0.25) is 0 Å². The first-order chi connectivity index (χ1) is 14.5. The highest BCUT2D eigenvalue weighted by molar-refractivity contribution is 7.91. The van der Waals surface area contributed by atoms with Gasteiger partial charge in [0.25, 0.3) is 5.91 Å². The summed E-state index contributed by atoms with van der Waals surface area (Å²) >= 11 is 0. The van der Waals surface area contributed by atoms with Gasteiger partial charge in [-0.15, -0.1) is 8.78 Å². The first kappa shape index (κ1) is 20.2. The number of halogens is 2. The molecule has 0 atom stereocenters. The number of hydrogen-bond donors (Lipinski definition) is 0. The van der Waals surface area contributed by atoms with Gasteiger partial charge < -0.3 is 9.47 Å². The number of carbonyl (C=O) groups is 1. The third-order valence-corrected chi connectivity index (χ3v) is 7.97. The number of fused-ring (bicyclic) bond motifs is 3. The predicted octanol–water partition coefficient (Wildman–Crippen LogP) is 3.45. The molecule has 2 aliphatic heterocycles. The molecule has 3 heterocycles. The summed E-state index contributed by atoms with van der Waals surface area (Å²) in [6.07, 6.45) is -0.0618. The third kappa shape index (κ3) is 3.15. The molecular weight excluding hydrogens is 430 g/mol. The van der Waals surface area contributed by atoms with Crippen LogP contribution in [0.1, 0.15) is 48.2 Å². The van der Waals surface area contributed by atoms with Gasteiger partial charge in [-0.25, -0.2) is 13.4 Å². The van der Waals surface area contributed by atoms with E-state index in [0.29, 0.717) is 5.56 Å². The zero-order valence-corrected chi connectivity index (χ0v) is 17.8. The summed E-state index contributed by atoms with van der Waals surface area (Å²) in [5, 5.41) is 0. The maximum absolute atomic E-state index is 13.5. The smallest absolute Gasteiger partial charge is 0.395 e. The summed E-state index contributed by atoms with van der Waals surface area (Å²) in [5.74, 6) is -0.864. The van der Waals surface area contributed by atoms with Crippen LogP contribution in [0.4, 0.5) is 14.6 Å². The van der Waals surface area contributed by atoms with Gasteiger partial charge in [0.1, 0.15) is 4.90 Å². The van der Waals surface area contributed by atoms with E-state index in [9.17, 15) is 22.0 Å². The van der Waals surface area contributed by atoms with Gasteiger partial charge in [-0.05, 0) is 48.4 Å². The maximum atomic E-state index is 13.5. The van der Waals surface area contributed by atoms with Crippen molar-refractivity contribution in [2.75, 3.05) is 17.2 Å². The number of pyridine rings is 1. The Morgan fingerprint density at radius 3 is 2.65 bits per heavy atom. The van der Waals surface area contributed by atoms with Gasteiger partial charge in [0, 0.05) is 23.9 Å². The predicted molar refractivity (Wildman–Crippen MR) is 107 cm³/mol. The Morgan fingerprint density at radius 1 is 1.23 bits per heavy atom. The van der Waals surface area contributed by atoms with Crippen LogP contribution in [-0.4, -0.2) is 37.9 Å². The Morgan fingerprint density at radius 2 is 1.97 bits per heavy atom. The molecule has 3 aliphatic rings. The fraction of sp³-hybridized carbons (Fsp3) is 0.429. The van der Waals surface area contributed by atoms with E-state index >= 15 is 0 Å². The minimum atomic E-state index is -3.78. The number of aromatic nitrogens is 1. The van der Waals surface area contributed by atoms with E-state index in [-0.39, 0.29) is 51.9 Å². The van der Waals surface area contributed by atoms with Crippen molar-refractivity contribution in [1.29, 1.82) is 0 Å². The minimum Gasteiger partial charge on any atom is -0.395 e. The second-order valence-electron chi connectivity index (χ2n) is 8.30. The van der Waals surface area contributed by atoms with Crippen molar-refractivity contribution in [2.45, 2.75) is 49.7 Å². The Labute approximate surface area is 177 Å². The molecule has 1 aromatic heterocycles. The molecule has 164 valence electrons. The average molecular weight is 450 g/mol. The van der Waals surface area contributed by atoms with E-state index in [1.807, 2.05) is 6.92 Å². The van der Waals surface area contributed by atoms with E-state index in [1.165, 1.54) is 17.0 Å². The number of sulfone groups is 1. The summed E-state index contributed by atoms with van der Waals surface area (Å²) in [6, 6.07) is 4.27. The number of rotatable bonds is 4. The van der Waals surface area contributed by atoms with E-state index in [4.69, 9.17) is 0 Å². The Kier molecular flexibility index (Phi) is 4.15. The van der Waals surface area contributed by atoms with Crippen molar-refractivity contribution in [3.05, 3.63) is 41.1 Å². The van der Waals surface area contributed by atoms with Crippen LogP contribution < -0.4 is 14.4 Å². The molecule has 31 heavy (non-hydrogen) atoms. The monoisotopic (exact) mass is 450 g/mol. The first-order valence-electron chi connectivity index (χ1n) is 10.0. The topological polar surface area (TPSA) is 85.8 Å². The van der Waals surface area contributed by atoms with Gasteiger partial charge in [-0.1, -0.05) is 13.8 Å². The molecule has 0 spiro atoms. The Hall–Kier alpha value is -2.75. The Bertz CT molecular complexity index is 1220. The molecule has 10 heteroatoms. The molecule has 1 aliphatic carbocycles. The molecule has 0 saturated heterocycles. The number of carbonyl (C=O) groups excluding carboxylic acids is 1. The average Bonchev–Trinajstić information content (AvgIpc) is 3.39. The van der Waals surface area contributed by atoms with Crippen LogP contribution in [0.5, 0.6) is 11.5 Å². The molecule has 7 nitrogen and oxygen atoms in total. The van der Waals surface area contributed by atoms with Crippen molar-refractivity contribution >= 4 is 21.6 Å². The fourth-order valence-corrected chi connectivity index (χ4v) is 5.08. The number of anilines is 1. The lowest BCUT2D eigenvalue weighted by molar-refractivity contribution is -0.286. The lowest BCUT2D eigenvalue weighted by Gasteiger charge is -2.30. The highest BCUT2D eigenvalue weighted by Gasteiger charge is 2.46. The van der Waals surface area contributed by atoms with Crippen molar-refractivity contribution < 1.29 is 31.5 Å². The van der Waals surface area contributed by atoms with Crippen molar-refractivity contribution in [1.82, 2.24) is 4.98 Å². The SMILES string of the molecule is CCS(=O)(=O)c1cc(C2(C)CC2)cnc1N1CCc2c(ccc3c2OC(F)(F)O3)C1=O. The lowest BCUT2D eigenvalue weighted by atomic mass is 9.97. The molecule has 1 aromatic carbocycles. The minimum absolute atomic E-state index is 0.0182. The van der Waals surface area contributed by atoms with Crippen molar-refractivity contribution in [3.63, 3.8) is 0 Å². The molecule has 5 rings (SSSR count). The number of amides is 1. The molecule has 0 bridgehead atoms. The summed E-state index contributed by atoms with van der Waals surface area (Å²) in [4.78, 5) is 19.0. The van der Waals surface area contributed by atoms with Gasteiger partial charge in [0.05, 0.1) is 5.75 Å². The van der Waals surface area contributed by atoms with Crippen LogP contribution >= 0.6 is 0 Å². The first-order valence-corrected chi connectivity index (χ1v) is 11.7. The third-order valence-electron chi connectivity index (χ3n) is 6.24. The molecular formula is C21H20F2N2O5S. The van der Waals surface area contributed by atoms with Crippen LogP contribution in [-0.2, 0) is 21.7 Å². The standard InChI is InChI=1S/C21H20F2N2O5S/c1-3-31(27,28)16-10-12(20(2)7-8-20)11-24-18(16)25-9-6-13-14(19(25)26)4-5-15-17(13)30-21(22,23)29-15/h4-5,10-11H,3,6-9H2,1-2H3. The molecule has 0 unspecified atom stereocenters. The number of hydrogen-bond acceptors (Lipinski definition) is 6. The lowest BCUT2D eigenvalue weighted by Crippen LogP contribution is -2.39. The summed E-state index contributed by atoms with van der Waals surface area (Å²) in [5.41, 5.74) is 1.22. The van der Waals surface area contributed by atoms with Crippen LogP contribution in [0.3, 0.4) is 0 Å². The largest absolute Gasteiger partial charge is 0.586 e. The van der Waals surface area contributed by atoms with Gasteiger partial charge in [0.15, 0.2) is 27.2 Å². The summed E-state index contributed by atoms with van der Waals surface area (Å²) in [6.45, 7) is 3.67. The highest BCUT2D eigenvalue weighted by atomic mass is 32.2. The Balaban J connectivity index is 1.58. The molecule has 2 aromatic rings. The zero-order valence-electron chi connectivity index (χ0n) is 16.9. The zero-order chi connectivity index (χ0) is 22.2.